The summed E-state index contributed by atoms with van der Waals surface area (Å²) in [4.78, 5) is 11.7. The number of carbonyl (C=O) groups is 1. The molecule has 4 aliphatic carbocycles. The van der Waals surface area contributed by atoms with E-state index < -0.39 is 6.16 Å². The van der Waals surface area contributed by atoms with Crippen LogP contribution in [-0.4, -0.2) is 19.4 Å². The topological polar surface area (TPSA) is 35.5 Å². The van der Waals surface area contributed by atoms with Crippen molar-refractivity contribution in [3.63, 3.8) is 0 Å². The molecule has 3 nitrogen and oxygen atoms in total. The van der Waals surface area contributed by atoms with Crippen LogP contribution in [0.15, 0.2) is 12.2 Å². The first-order chi connectivity index (χ1) is 15.2. The van der Waals surface area contributed by atoms with Crippen LogP contribution in [0, 0.1) is 58.7 Å². The van der Waals surface area contributed by atoms with Crippen LogP contribution in [0.3, 0.4) is 0 Å². The summed E-state index contributed by atoms with van der Waals surface area (Å²) in [6.07, 6.45) is 16.5. The third kappa shape index (κ3) is 4.51. The lowest BCUT2D eigenvalue weighted by Gasteiger charge is -2.56. The standard InChI is InChI=1S/C29H48O3/c1-18(2)8-7-9-19(3)25-12-13-26-23-11-10-21-17-22(32-28(30)31-6)16-20(4)27(21)24(23)14-15-29(25,26)5/h10-11,18-27H,7-9,12-17H2,1-6H3/t19?,20-,21?,22?,23?,24+,25-,26+,27?,29-/m0/s1. The van der Waals surface area contributed by atoms with Gasteiger partial charge in [-0.15, -0.1) is 0 Å². The lowest BCUT2D eigenvalue weighted by Crippen LogP contribution is -2.50. The quantitative estimate of drug-likeness (QED) is 0.308. The van der Waals surface area contributed by atoms with Crippen molar-refractivity contribution in [3.05, 3.63) is 12.2 Å². The maximum absolute atomic E-state index is 11.7. The second-order valence-electron chi connectivity index (χ2n) is 12.6. The first kappa shape index (κ1) is 24.1. The molecule has 0 aromatic rings. The summed E-state index contributed by atoms with van der Waals surface area (Å²) in [5, 5.41) is 0. The predicted molar refractivity (Wildman–Crippen MR) is 130 cm³/mol. The van der Waals surface area contributed by atoms with Crippen molar-refractivity contribution in [3.8, 4) is 0 Å². The fourth-order valence-electron chi connectivity index (χ4n) is 9.02. The molecule has 4 rings (SSSR count). The van der Waals surface area contributed by atoms with Gasteiger partial charge >= 0.3 is 6.16 Å². The normalized spacial score (nSPS) is 43.8. The smallest absolute Gasteiger partial charge is 0.438 e. The maximum Gasteiger partial charge on any atom is 0.508 e. The van der Waals surface area contributed by atoms with Crippen molar-refractivity contribution in [2.45, 2.75) is 98.5 Å². The summed E-state index contributed by atoms with van der Waals surface area (Å²) in [5.74, 6) is 7.00. The first-order valence-corrected chi connectivity index (χ1v) is 13.7. The van der Waals surface area contributed by atoms with Gasteiger partial charge in [-0.3, -0.25) is 0 Å². The monoisotopic (exact) mass is 444 g/mol. The van der Waals surface area contributed by atoms with Crippen LogP contribution in [-0.2, 0) is 9.47 Å². The average molecular weight is 445 g/mol. The van der Waals surface area contributed by atoms with Gasteiger partial charge in [0.25, 0.3) is 0 Å². The first-order valence-electron chi connectivity index (χ1n) is 13.7. The van der Waals surface area contributed by atoms with E-state index in [4.69, 9.17) is 9.47 Å². The van der Waals surface area contributed by atoms with E-state index in [2.05, 4.69) is 46.8 Å². The minimum Gasteiger partial charge on any atom is -0.438 e. The van der Waals surface area contributed by atoms with E-state index >= 15 is 0 Å². The molecule has 3 heteroatoms. The molecule has 0 amide bonds. The van der Waals surface area contributed by atoms with Crippen molar-refractivity contribution in [2.75, 3.05) is 7.11 Å². The van der Waals surface area contributed by atoms with Crippen molar-refractivity contribution in [1.82, 2.24) is 0 Å². The Bertz CT molecular complexity index is 684. The Kier molecular flexibility index (Phi) is 7.32. The molecule has 0 spiro atoms. The SMILES string of the molecule is COC(=O)OC1CC2C=CC3[C@@H](CC[C@]4(C)[C@@H]3CC[C@H]4C(C)CCCC(C)C)C2[C@@H](C)C1. The molecular weight excluding hydrogens is 396 g/mol. The van der Waals surface area contributed by atoms with Gasteiger partial charge in [0.2, 0.25) is 0 Å². The number of hydrogen-bond acceptors (Lipinski definition) is 3. The molecule has 0 bridgehead atoms. The Morgan fingerprint density at radius 3 is 2.59 bits per heavy atom. The highest BCUT2D eigenvalue weighted by Crippen LogP contribution is 2.65. The van der Waals surface area contributed by atoms with E-state index in [1.54, 1.807) is 0 Å². The fraction of sp³-hybridized carbons (Fsp3) is 0.897. The summed E-state index contributed by atoms with van der Waals surface area (Å²) in [7, 11) is 1.40. The highest BCUT2D eigenvalue weighted by atomic mass is 16.7. The van der Waals surface area contributed by atoms with Crippen LogP contribution in [0.2, 0.25) is 0 Å². The molecule has 0 aromatic carbocycles. The highest BCUT2D eigenvalue weighted by molar-refractivity contribution is 5.59. The molecule has 4 aliphatic rings. The Morgan fingerprint density at radius 1 is 1.09 bits per heavy atom. The Labute approximate surface area is 197 Å². The Morgan fingerprint density at radius 2 is 1.88 bits per heavy atom. The van der Waals surface area contributed by atoms with E-state index in [-0.39, 0.29) is 6.10 Å². The van der Waals surface area contributed by atoms with E-state index in [9.17, 15) is 4.79 Å². The van der Waals surface area contributed by atoms with Gasteiger partial charge in [-0.1, -0.05) is 66.0 Å². The van der Waals surface area contributed by atoms with E-state index in [1.807, 2.05) is 0 Å². The second-order valence-corrected chi connectivity index (χ2v) is 12.6. The van der Waals surface area contributed by atoms with Crippen molar-refractivity contribution >= 4 is 6.16 Å². The zero-order valence-corrected chi connectivity index (χ0v) is 21.5. The van der Waals surface area contributed by atoms with Crippen LogP contribution >= 0.6 is 0 Å². The molecule has 182 valence electrons. The van der Waals surface area contributed by atoms with Crippen LogP contribution in [0.5, 0.6) is 0 Å². The lowest BCUT2D eigenvalue weighted by atomic mass is 9.49. The van der Waals surface area contributed by atoms with Crippen molar-refractivity contribution < 1.29 is 14.3 Å². The van der Waals surface area contributed by atoms with Crippen molar-refractivity contribution in [1.29, 1.82) is 0 Å². The van der Waals surface area contributed by atoms with Crippen LogP contribution in [0.4, 0.5) is 4.79 Å². The number of hydrogen-bond donors (Lipinski definition) is 0. The summed E-state index contributed by atoms with van der Waals surface area (Å²) in [5.41, 5.74) is 0.532. The van der Waals surface area contributed by atoms with Crippen LogP contribution in [0.25, 0.3) is 0 Å². The Hall–Kier alpha value is -0.990. The maximum atomic E-state index is 11.7. The molecule has 0 radical (unpaired) electrons. The minimum atomic E-state index is -0.522. The molecule has 0 N–H and O–H groups in total. The van der Waals surface area contributed by atoms with Gasteiger partial charge in [0, 0.05) is 0 Å². The zero-order valence-electron chi connectivity index (χ0n) is 21.5. The van der Waals surface area contributed by atoms with Gasteiger partial charge in [-0.25, -0.2) is 4.79 Å². The third-order valence-corrected chi connectivity index (χ3v) is 10.4. The van der Waals surface area contributed by atoms with E-state index in [0.29, 0.717) is 17.3 Å². The molecule has 32 heavy (non-hydrogen) atoms. The number of fused-ring (bicyclic) bond motifs is 5. The minimum absolute atomic E-state index is 0.0105. The summed E-state index contributed by atoms with van der Waals surface area (Å²) in [6.45, 7) is 12.3. The number of rotatable bonds is 6. The van der Waals surface area contributed by atoms with Gasteiger partial charge in [0.05, 0.1) is 7.11 Å². The molecule has 3 saturated carbocycles. The molecule has 0 aromatic heterocycles. The predicted octanol–water partition coefficient (Wildman–Crippen LogP) is 7.89. The number of methoxy groups -OCH3 is 1. The molecule has 3 fully saturated rings. The van der Waals surface area contributed by atoms with Gasteiger partial charge < -0.3 is 9.47 Å². The van der Waals surface area contributed by atoms with Gasteiger partial charge in [-0.2, -0.15) is 0 Å². The fourth-order valence-corrected chi connectivity index (χ4v) is 9.02. The number of carbonyl (C=O) groups excluding carboxylic acids is 1. The Balaban J connectivity index is 1.44. The second kappa shape index (κ2) is 9.71. The average Bonchev–Trinajstić information content (AvgIpc) is 3.10. The van der Waals surface area contributed by atoms with Gasteiger partial charge in [-0.05, 0) is 97.2 Å². The molecule has 0 aliphatic heterocycles. The highest BCUT2D eigenvalue weighted by Gasteiger charge is 2.57. The van der Waals surface area contributed by atoms with Gasteiger partial charge in [0.15, 0.2) is 0 Å². The molecule has 0 heterocycles. The number of allylic oxidation sites excluding steroid dienone is 2. The lowest BCUT2D eigenvalue weighted by molar-refractivity contribution is -0.0635. The van der Waals surface area contributed by atoms with Crippen molar-refractivity contribution in [2.24, 2.45) is 58.7 Å². The molecule has 5 unspecified atom stereocenters. The third-order valence-electron chi connectivity index (χ3n) is 10.4. The van der Waals surface area contributed by atoms with E-state index in [1.165, 1.54) is 52.1 Å². The molecule has 0 saturated heterocycles. The van der Waals surface area contributed by atoms with E-state index in [0.717, 1.165) is 54.3 Å². The summed E-state index contributed by atoms with van der Waals surface area (Å²) in [6, 6.07) is 0. The summed E-state index contributed by atoms with van der Waals surface area (Å²) >= 11 is 0. The van der Waals surface area contributed by atoms with Crippen LogP contribution < -0.4 is 0 Å². The molecule has 10 atom stereocenters. The summed E-state index contributed by atoms with van der Waals surface area (Å²) < 4.78 is 10.3. The zero-order chi connectivity index (χ0) is 23.0. The van der Waals surface area contributed by atoms with Crippen LogP contribution in [0.1, 0.15) is 92.4 Å². The largest absolute Gasteiger partial charge is 0.508 e. The molecular formula is C29H48O3. The number of ether oxygens (including phenoxy) is 2. The van der Waals surface area contributed by atoms with Gasteiger partial charge in [0.1, 0.15) is 6.10 Å².